The number of halogens is 3. The molecule has 100 valence electrons. The molecule has 1 N–H and O–H groups in total. The van der Waals surface area contributed by atoms with E-state index in [4.69, 9.17) is 0 Å². The molecule has 0 aliphatic rings. The summed E-state index contributed by atoms with van der Waals surface area (Å²) in [6, 6.07) is 7.22. The number of sulfone groups is 1. The first-order valence-corrected chi connectivity index (χ1v) is 6.58. The molecule has 0 aromatic heterocycles. The van der Waals surface area contributed by atoms with Gasteiger partial charge < -0.3 is 5.11 Å². The number of aliphatic hydroxyl groups is 1. The van der Waals surface area contributed by atoms with Gasteiger partial charge in [-0.2, -0.15) is 13.2 Å². The number of allylic oxidation sites excluding steroid dienone is 1. The molecule has 0 heterocycles. The molecule has 0 amide bonds. The Morgan fingerprint density at radius 2 is 1.78 bits per heavy atom. The zero-order valence-electron chi connectivity index (χ0n) is 9.13. The molecular weight excluding hydrogens is 269 g/mol. The van der Waals surface area contributed by atoms with Gasteiger partial charge in [0.05, 0.1) is 16.8 Å². The fourth-order valence-electron chi connectivity index (χ4n) is 1.22. The van der Waals surface area contributed by atoms with Gasteiger partial charge >= 0.3 is 6.18 Å². The van der Waals surface area contributed by atoms with Crippen molar-refractivity contribution in [2.24, 2.45) is 0 Å². The molecule has 1 aromatic rings. The standard InChI is InChI=1S/C11H11F3O3S/c12-11(13,14)7-6-9(15)8-18(16,17)10-4-2-1-3-5-10/h1-7,9,15H,8H2/b7-6+. The highest BCUT2D eigenvalue weighted by Gasteiger charge is 2.24. The smallest absolute Gasteiger partial charge is 0.388 e. The van der Waals surface area contributed by atoms with E-state index < -0.39 is 27.9 Å². The summed E-state index contributed by atoms with van der Waals surface area (Å²) in [6.45, 7) is 0. The highest BCUT2D eigenvalue weighted by molar-refractivity contribution is 7.91. The number of hydrogen-bond acceptors (Lipinski definition) is 3. The first kappa shape index (κ1) is 14.7. The molecule has 0 spiro atoms. The fraction of sp³-hybridized carbons (Fsp3) is 0.273. The molecule has 1 atom stereocenters. The molecule has 3 nitrogen and oxygen atoms in total. The van der Waals surface area contributed by atoms with Crippen LogP contribution in [0.15, 0.2) is 47.4 Å². The van der Waals surface area contributed by atoms with E-state index in [1.807, 2.05) is 0 Å². The van der Waals surface area contributed by atoms with Crippen molar-refractivity contribution in [3.63, 3.8) is 0 Å². The SMILES string of the molecule is O=S(=O)(CC(O)/C=C/C(F)(F)F)c1ccccc1. The maximum absolute atomic E-state index is 11.8. The Kier molecular flexibility index (Phi) is 4.53. The Morgan fingerprint density at radius 1 is 1.22 bits per heavy atom. The van der Waals surface area contributed by atoms with E-state index in [0.29, 0.717) is 6.08 Å². The zero-order valence-corrected chi connectivity index (χ0v) is 9.95. The molecule has 0 aliphatic carbocycles. The number of benzene rings is 1. The van der Waals surface area contributed by atoms with E-state index in [-0.39, 0.29) is 11.0 Å². The molecule has 0 saturated carbocycles. The second-order valence-electron chi connectivity index (χ2n) is 3.56. The Bertz CT molecular complexity index is 506. The summed E-state index contributed by atoms with van der Waals surface area (Å²) in [5, 5.41) is 9.24. The van der Waals surface area contributed by atoms with E-state index in [1.54, 1.807) is 6.07 Å². The van der Waals surface area contributed by atoms with Crippen molar-refractivity contribution >= 4 is 9.84 Å². The third-order valence-corrected chi connectivity index (χ3v) is 3.77. The highest BCUT2D eigenvalue weighted by atomic mass is 32.2. The van der Waals surface area contributed by atoms with Crippen LogP contribution in [0.5, 0.6) is 0 Å². The summed E-state index contributed by atoms with van der Waals surface area (Å²) in [5.41, 5.74) is 0. The van der Waals surface area contributed by atoms with Gasteiger partial charge in [0, 0.05) is 6.08 Å². The molecule has 1 unspecified atom stereocenters. The summed E-state index contributed by atoms with van der Waals surface area (Å²) in [7, 11) is -3.80. The molecule has 0 bridgehead atoms. The molecule has 1 rings (SSSR count). The lowest BCUT2D eigenvalue weighted by molar-refractivity contribution is -0.0805. The summed E-state index contributed by atoms with van der Waals surface area (Å²) < 4.78 is 58.9. The maximum Gasteiger partial charge on any atom is 0.409 e. The summed E-state index contributed by atoms with van der Waals surface area (Å²) in [4.78, 5) is -0.0375. The van der Waals surface area contributed by atoms with Crippen LogP contribution in [0.4, 0.5) is 13.2 Å². The Labute approximate surface area is 102 Å². The van der Waals surface area contributed by atoms with Gasteiger partial charge in [0.2, 0.25) is 0 Å². The minimum atomic E-state index is -4.57. The normalized spacial score (nSPS) is 14.9. The van der Waals surface area contributed by atoms with E-state index in [1.165, 1.54) is 24.3 Å². The van der Waals surface area contributed by atoms with Crippen molar-refractivity contribution in [3.8, 4) is 0 Å². The molecular formula is C11H11F3O3S. The average Bonchev–Trinajstić information content (AvgIpc) is 2.26. The molecule has 1 aromatic carbocycles. The van der Waals surface area contributed by atoms with Gasteiger partial charge in [-0.3, -0.25) is 0 Å². The quantitative estimate of drug-likeness (QED) is 0.858. The second kappa shape index (κ2) is 5.53. The van der Waals surface area contributed by atoms with E-state index in [2.05, 4.69) is 0 Å². The minimum Gasteiger partial charge on any atom is -0.388 e. The summed E-state index contributed by atoms with van der Waals surface area (Å²) in [6.07, 6.45) is -6.03. The van der Waals surface area contributed by atoms with Crippen LogP contribution in [0.25, 0.3) is 0 Å². The van der Waals surface area contributed by atoms with Crippen LogP contribution in [0.2, 0.25) is 0 Å². The first-order chi connectivity index (χ1) is 8.21. The van der Waals surface area contributed by atoms with Crippen LogP contribution in [-0.2, 0) is 9.84 Å². The van der Waals surface area contributed by atoms with Crippen LogP contribution in [-0.4, -0.2) is 31.6 Å². The largest absolute Gasteiger partial charge is 0.409 e. The lowest BCUT2D eigenvalue weighted by Gasteiger charge is -2.08. The lowest BCUT2D eigenvalue weighted by atomic mass is 10.3. The third kappa shape index (κ3) is 4.89. The number of rotatable bonds is 4. The van der Waals surface area contributed by atoms with Gasteiger partial charge in [0.25, 0.3) is 0 Å². The van der Waals surface area contributed by atoms with Crippen molar-refractivity contribution in [2.45, 2.75) is 17.2 Å². The summed E-state index contributed by atoms with van der Waals surface area (Å²) >= 11 is 0. The molecule has 0 aliphatic heterocycles. The molecule has 0 saturated heterocycles. The predicted molar refractivity (Wildman–Crippen MR) is 59.7 cm³/mol. The lowest BCUT2D eigenvalue weighted by Crippen LogP contribution is -2.19. The number of aliphatic hydroxyl groups excluding tert-OH is 1. The number of alkyl halides is 3. The molecule has 0 radical (unpaired) electrons. The van der Waals surface area contributed by atoms with Gasteiger partial charge in [-0.15, -0.1) is 0 Å². The van der Waals surface area contributed by atoms with Crippen molar-refractivity contribution in [3.05, 3.63) is 42.5 Å². The van der Waals surface area contributed by atoms with Crippen LogP contribution in [0, 0.1) is 0 Å². The predicted octanol–water partition coefficient (Wildman–Crippen LogP) is 1.94. The van der Waals surface area contributed by atoms with Gasteiger partial charge in [0.15, 0.2) is 9.84 Å². The zero-order chi connectivity index (χ0) is 13.8. The molecule has 7 heteroatoms. The molecule has 0 fully saturated rings. The van der Waals surface area contributed by atoms with Gasteiger partial charge in [-0.05, 0) is 12.1 Å². The van der Waals surface area contributed by atoms with E-state index in [0.717, 1.165) is 0 Å². The van der Waals surface area contributed by atoms with Gasteiger partial charge in [0.1, 0.15) is 0 Å². The molecule has 18 heavy (non-hydrogen) atoms. The van der Waals surface area contributed by atoms with Crippen LogP contribution < -0.4 is 0 Å². The van der Waals surface area contributed by atoms with E-state index >= 15 is 0 Å². The maximum atomic E-state index is 11.8. The summed E-state index contributed by atoms with van der Waals surface area (Å²) in [5.74, 6) is -0.788. The Hall–Kier alpha value is -1.34. The minimum absolute atomic E-state index is 0.0375. The first-order valence-electron chi connectivity index (χ1n) is 4.93. The topological polar surface area (TPSA) is 54.4 Å². The Morgan fingerprint density at radius 3 is 2.28 bits per heavy atom. The van der Waals surface area contributed by atoms with Crippen molar-refractivity contribution in [1.29, 1.82) is 0 Å². The van der Waals surface area contributed by atoms with Crippen molar-refractivity contribution in [1.82, 2.24) is 0 Å². The van der Waals surface area contributed by atoms with Gasteiger partial charge in [-0.25, -0.2) is 8.42 Å². The van der Waals surface area contributed by atoms with Crippen molar-refractivity contribution in [2.75, 3.05) is 5.75 Å². The van der Waals surface area contributed by atoms with Crippen LogP contribution >= 0.6 is 0 Å². The monoisotopic (exact) mass is 280 g/mol. The van der Waals surface area contributed by atoms with Gasteiger partial charge in [-0.1, -0.05) is 24.3 Å². The number of hydrogen-bond donors (Lipinski definition) is 1. The second-order valence-corrected chi connectivity index (χ2v) is 5.60. The van der Waals surface area contributed by atoms with E-state index in [9.17, 15) is 26.7 Å². The third-order valence-electron chi connectivity index (χ3n) is 2.00. The fourth-order valence-corrected chi connectivity index (χ4v) is 2.55. The van der Waals surface area contributed by atoms with Crippen LogP contribution in [0.1, 0.15) is 0 Å². The van der Waals surface area contributed by atoms with Crippen LogP contribution in [0.3, 0.4) is 0 Å². The Balaban J connectivity index is 2.76. The average molecular weight is 280 g/mol. The van der Waals surface area contributed by atoms with Crippen molar-refractivity contribution < 1.29 is 26.7 Å². The highest BCUT2D eigenvalue weighted by Crippen LogP contribution is 2.17.